The Morgan fingerprint density at radius 2 is 1.34 bits per heavy atom. The minimum Gasteiger partial charge on any atom is -0.490 e. The molecule has 10 rings (SSSR count). The zero-order valence-corrected chi connectivity index (χ0v) is 35.4. The van der Waals surface area contributed by atoms with E-state index in [0.717, 1.165) is 86.9 Å². The smallest absolute Gasteiger partial charge is 0.320 e. The van der Waals surface area contributed by atoms with E-state index in [1.165, 1.54) is 29.4 Å². The average Bonchev–Trinajstić information content (AvgIpc) is 3.70. The van der Waals surface area contributed by atoms with Gasteiger partial charge in [-0.3, -0.25) is 4.79 Å². The normalized spacial score (nSPS) is 25.5. The molecule has 2 saturated heterocycles. The van der Waals surface area contributed by atoms with Crippen molar-refractivity contribution in [3.63, 3.8) is 0 Å². The van der Waals surface area contributed by atoms with Crippen LogP contribution in [-0.4, -0.2) is 95.6 Å². The first-order valence-electron chi connectivity index (χ1n) is 22.1. The molecule has 3 amide bonds. The quantitative estimate of drug-likeness (QED) is 0.163. The van der Waals surface area contributed by atoms with Crippen LogP contribution in [0, 0.1) is 35.0 Å². The Labute approximate surface area is 349 Å². The van der Waals surface area contributed by atoms with Gasteiger partial charge < -0.3 is 24.5 Å². The van der Waals surface area contributed by atoms with Crippen LogP contribution in [0.1, 0.15) is 78.1 Å². The van der Waals surface area contributed by atoms with Crippen molar-refractivity contribution >= 4 is 32.9 Å². The van der Waals surface area contributed by atoms with E-state index >= 15 is 0 Å². The molecular formula is C48H60N4O6S. The number of benzene rings is 3. The van der Waals surface area contributed by atoms with Crippen molar-refractivity contribution in [1.29, 1.82) is 0 Å². The lowest BCUT2D eigenvalue weighted by Gasteiger charge is -2.57. The number of aliphatic hydroxyl groups excluding tert-OH is 1. The Kier molecular flexibility index (Phi) is 11.0. The predicted octanol–water partition coefficient (Wildman–Crippen LogP) is 8.28. The van der Waals surface area contributed by atoms with E-state index in [1.807, 2.05) is 61.2 Å². The maximum atomic E-state index is 14.0. The number of amides is 3. The molecule has 4 aromatic rings. The van der Waals surface area contributed by atoms with Gasteiger partial charge >= 0.3 is 6.03 Å². The number of rotatable bonds is 11. The molecule has 314 valence electrons. The van der Waals surface area contributed by atoms with Crippen LogP contribution < -0.4 is 4.74 Å². The monoisotopic (exact) mass is 820 g/mol. The number of hydrogen-bond acceptors (Lipinski definition) is 6. The SMILES string of the molecule is CC(C)N(CC(O)COc1cccc2c1ccn2S(=O)(=O)c1ccc(-c2ccccc2)cc1)C(=O)N1CCC(C2CCN(C(=O)C34CC5CC(CC(C5)C3)C4)CC2)CC1. The molecule has 4 bridgehead atoms. The lowest BCUT2D eigenvalue weighted by molar-refractivity contribution is -0.159. The molecule has 0 radical (unpaired) electrons. The largest absolute Gasteiger partial charge is 0.490 e. The van der Waals surface area contributed by atoms with E-state index in [0.29, 0.717) is 47.5 Å². The molecule has 6 aliphatic rings. The number of carbonyl (C=O) groups excluding carboxylic acids is 2. The van der Waals surface area contributed by atoms with Crippen LogP contribution in [0.3, 0.4) is 0 Å². The lowest BCUT2D eigenvalue weighted by Crippen LogP contribution is -2.56. The fraction of sp³-hybridized carbons (Fsp3) is 0.542. The summed E-state index contributed by atoms with van der Waals surface area (Å²) in [6.07, 6.45) is 12.1. The highest BCUT2D eigenvalue weighted by Gasteiger charge is 2.55. The third kappa shape index (κ3) is 7.89. The molecular weight excluding hydrogens is 761 g/mol. The molecule has 3 heterocycles. The van der Waals surface area contributed by atoms with Gasteiger partial charge in [0.1, 0.15) is 18.5 Å². The van der Waals surface area contributed by atoms with Gasteiger partial charge in [0.2, 0.25) is 5.91 Å². The number of aromatic nitrogens is 1. The molecule has 1 N–H and O–H groups in total. The second-order valence-electron chi connectivity index (χ2n) is 18.8. The van der Waals surface area contributed by atoms with E-state index in [2.05, 4.69) is 4.90 Å². The lowest BCUT2D eigenvalue weighted by atomic mass is 9.49. The fourth-order valence-electron chi connectivity index (χ4n) is 12.0. The molecule has 1 unspecified atom stereocenters. The zero-order chi connectivity index (χ0) is 40.9. The van der Waals surface area contributed by atoms with E-state index < -0.39 is 16.1 Å². The molecule has 1 aromatic heterocycles. The van der Waals surface area contributed by atoms with Crippen molar-refractivity contribution in [2.75, 3.05) is 39.3 Å². The van der Waals surface area contributed by atoms with E-state index in [-0.39, 0.29) is 35.5 Å². The van der Waals surface area contributed by atoms with E-state index in [1.54, 1.807) is 41.3 Å². The number of ether oxygens (including phenoxy) is 1. The van der Waals surface area contributed by atoms with Crippen LogP contribution in [-0.2, 0) is 14.8 Å². The number of hydrogen-bond donors (Lipinski definition) is 1. The van der Waals surface area contributed by atoms with Crippen molar-refractivity contribution in [3.8, 4) is 16.9 Å². The summed E-state index contributed by atoms with van der Waals surface area (Å²) in [5, 5.41) is 11.8. The van der Waals surface area contributed by atoms with Crippen LogP contribution in [0.25, 0.3) is 22.0 Å². The summed E-state index contributed by atoms with van der Waals surface area (Å²) in [6.45, 7) is 7.17. The number of piperidine rings is 2. The maximum absolute atomic E-state index is 14.0. The third-order valence-electron chi connectivity index (χ3n) is 14.7. The van der Waals surface area contributed by atoms with Gasteiger partial charge in [-0.2, -0.15) is 0 Å². The third-order valence-corrected chi connectivity index (χ3v) is 16.4. The van der Waals surface area contributed by atoms with Crippen LogP contribution in [0.2, 0.25) is 0 Å². The summed E-state index contributed by atoms with van der Waals surface area (Å²) in [5.74, 6) is 4.44. The Morgan fingerprint density at radius 1 is 0.763 bits per heavy atom. The summed E-state index contributed by atoms with van der Waals surface area (Å²) in [4.78, 5) is 33.9. The summed E-state index contributed by atoms with van der Waals surface area (Å²) < 4.78 is 34.9. The highest BCUT2D eigenvalue weighted by molar-refractivity contribution is 7.90. The molecule has 11 heteroatoms. The highest BCUT2D eigenvalue weighted by Crippen LogP contribution is 2.60. The second kappa shape index (κ2) is 16.3. The first kappa shape index (κ1) is 40.1. The highest BCUT2D eigenvalue weighted by atomic mass is 32.2. The van der Waals surface area contributed by atoms with Gasteiger partial charge in [0, 0.05) is 43.8 Å². The number of urea groups is 1. The summed E-state index contributed by atoms with van der Waals surface area (Å²) in [5.41, 5.74) is 2.36. The molecule has 3 aromatic carbocycles. The minimum absolute atomic E-state index is 0.0549. The number of nitrogens with zero attached hydrogens (tertiary/aromatic N) is 4. The predicted molar refractivity (Wildman–Crippen MR) is 229 cm³/mol. The molecule has 59 heavy (non-hydrogen) atoms. The van der Waals surface area contributed by atoms with E-state index in [4.69, 9.17) is 4.74 Å². The van der Waals surface area contributed by atoms with Crippen molar-refractivity contribution in [1.82, 2.24) is 18.7 Å². The van der Waals surface area contributed by atoms with Crippen LogP contribution >= 0.6 is 0 Å². The first-order valence-corrected chi connectivity index (χ1v) is 23.6. The molecule has 4 aliphatic carbocycles. The van der Waals surface area contributed by atoms with Crippen molar-refractivity contribution in [2.24, 2.45) is 35.0 Å². The zero-order valence-electron chi connectivity index (χ0n) is 34.6. The minimum atomic E-state index is -3.89. The van der Waals surface area contributed by atoms with Gasteiger partial charge in [-0.15, -0.1) is 0 Å². The Morgan fingerprint density at radius 3 is 1.93 bits per heavy atom. The van der Waals surface area contributed by atoms with Gasteiger partial charge in [0.15, 0.2) is 0 Å². The molecule has 4 saturated carbocycles. The molecule has 0 spiro atoms. The number of fused-ring (bicyclic) bond motifs is 1. The van der Waals surface area contributed by atoms with Gasteiger partial charge in [0.25, 0.3) is 10.0 Å². The number of aliphatic hydroxyl groups is 1. The summed E-state index contributed by atoms with van der Waals surface area (Å²) in [7, 11) is -3.89. The molecule has 10 nitrogen and oxygen atoms in total. The second-order valence-corrected chi connectivity index (χ2v) is 20.7. The Bertz CT molecular complexity index is 2200. The van der Waals surface area contributed by atoms with Gasteiger partial charge in [-0.05, 0) is 149 Å². The van der Waals surface area contributed by atoms with Crippen molar-refractivity contribution < 1.29 is 27.9 Å². The average molecular weight is 821 g/mol. The van der Waals surface area contributed by atoms with Gasteiger partial charge in [0.05, 0.1) is 22.4 Å². The molecule has 2 aliphatic heterocycles. The number of likely N-dealkylation sites (tertiary alicyclic amines) is 2. The molecule has 1 atom stereocenters. The van der Waals surface area contributed by atoms with E-state index in [9.17, 15) is 23.1 Å². The summed E-state index contributed by atoms with van der Waals surface area (Å²) >= 11 is 0. The first-order chi connectivity index (χ1) is 28.5. The summed E-state index contributed by atoms with van der Waals surface area (Å²) in [6, 6.07) is 23.5. The molecule has 6 fully saturated rings. The van der Waals surface area contributed by atoms with Crippen molar-refractivity contribution in [2.45, 2.75) is 95.1 Å². The Hall–Kier alpha value is -4.35. The van der Waals surface area contributed by atoms with Crippen LogP contribution in [0.4, 0.5) is 4.79 Å². The standard InChI is InChI=1S/C48H60N4O6S/c1-33(2)51(47(55)50-22-17-40(18-23-50)39-15-20-49(21-16-39)46(54)48-28-34-25-35(29-48)27-36(26-34)30-48)31-41(53)32-58-45-10-6-9-44-43(45)19-24-52(44)59(56,57)42-13-11-38(12-14-42)37-7-4-3-5-8-37/h3-14,19,24,33-36,39-41,53H,15-18,20-23,25-32H2,1-2H3. The van der Waals surface area contributed by atoms with Crippen LogP contribution in [0.15, 0.2) is 90.0 Å². The van der Waals surface area contributed by atoms with Crippen LogP contribution in [0.5, 0.6) is 5.75 Å². The van der Waals surface area contributed by atoms with Crippen molar-refractivity contribution in [3.05, 3.63) is 85.1 Å². The number of carbonyl (C=O) groups is 2. The Balaban J connectivity index is 0.764. The van der Waals surface area contributed by atoms with Gasteiger partial charge in [-0.25, -0.2) is 17.2 Å². The maximum Gasteiger partial charge on any atom is 0.320 e. The topological polar surface area (TPSA) is 112 Å². The van der Waals surface area contributed by atoms with Gasteiger partial charge in [-0.1, -0.05) is 48.5 Å². The fourth-order valence-corrected chi connectivity index (χ4v) is 13.4.